The first-order chi connectivity index (χ1) is 8.96. The number of nitrogens with two attached hydrogens (primary N) is 1. The van der Waals surface area contributed by atoms with Crippen LogP contribution < -0.4 is 11.1 Å². The zero-order valence-electron chi connectivity index (χ0n) is 12.0. The molecule has 1 aromatic rings. The number of nitrogens with one attached hydrogen (secondary N) is 1. The Hall–Kier alpha value is -1.40. The molecular formula is C14H19BrN2O3. The number of benzene rings is 1. The molecule has 0 unspecified atom stereocenters. The van der Waals surface area contributed by atoms with Gasteiger partial charge in [0.25, 0.3) is 0 Å². The minimum absolute atomic E-state index is 0.0263. The largest absolute Gasteiger partial charge is 0.478 e. The van der Waals surface area contributed by atoms with Gasteiger partial charge in [-0.1, -0.05) is 15.9 Å². The molecule has 1 aromatic carbocycles. The third-order valence-corrected chi connectivity index (χ3v) is 4.13. The summed E-state index contributed by atoms with van der Waals surface area (Å²) in [6.07, 6.45) is 0. The molecule has 0 saturated carbocycles. The average molecular weight is 343 g/mol. The van der Waals surface area contributed by atoms with Gasteiger partial charge in [-0.2, -0.15) is 0 Å². The van der Waals surface area contributed by atoms with Gasteiger partial charge >= 0.3 is 5.97 Å². The Labute approximate surface area is 126 Å². The Balaban J connectivity index is 3.12. The number of amides is 1. The number of rotatable bonds is 4. The van der Waals surface area contributed by atoms with Crippen molar-refractivity contribution in [3.8, 4) is 0 Å². The van der Waals surface area contributed by atoms with Crippen molar-refractivity contribution in [1.29, 1.82) is 0 Å². The summed E-state index contributed by atoms with van der Waals surface area (Å²) in [6.45, 7) is 6.96. The van der Waals surface area contributed by atoms with E-state index < -0.39 is 16.9 Å². The van der Waals surface area contributed by atoms with Crippen molar-refractivity contribution in [3.63, 3.8) is 0 Å². The van der Waals surface area contributed by atoms with Crippen LogP contribution in [0.4, 0.5) is 5.69 Å². The van der Waals surface area contributed by atoms with Crippen LogP contribution >= 0.6 is 15.9 Å². The monoisotopic (exact) mass is 342 g/mol. The summed E-state index contributed by atoms with van der Waals surface area (Å²) in [6, 6.07) is 4.66. The number of hydrogen-bond donors (Lipinski definition) is 3. The molecule has 0 fully saturated rings. The second-order valence-electron chi connectivity index (χ2n) is 5.80. The quantitative estimate of drug-likeness (QED) is 0.784. The van der Waals surface area contributed by atoms with Crippen LogP contribution in [0.1, 0.15) is 38.1 Å². The lowest BCUT2D eigenvalue weighted by atomic mass is 9.74. The highest BCUT2D eigenvalue weighted by Crippen LogP contribution is 2.31. The van der Waals surface area contributed by atoms with Gasteiger partial charge in [0.15, 0.2) is 0 Å². The topological polar surface area (TPSA) is 92.4 Å². The number of carbonyl (C=O) groups excluding carboxylic acids is 1. The van der Waals surface area contributed by atoms with Crippen molar-refractivity contribution in [2.45, 2.75) is 33.2 Å². The fraction of sp³-hybridized carbons (Fsp3) is 0.429. The summed E-state index contributed by atoms with van der Waals surface area (Å²) >= 11 is 3.21. The number of halogens is 1. The standard InChI is InChI=1S/C14H19BrN2O3/c1-13(2,14(3,4)16)12(20)17-10-6-5-8(15)7-9(10)11(18)19/h5-7H,16H2,1-4H3,(H,17,20)(H,18,19). The van der Waals surface area contributed by atoms with E-state index in [4.69, 9.17) is 10.8 Å². The van der Waals surface area contributed by atoms with Crippen LogP contribution in [0, 0.1) is 5.41 Å². The number of hydrogen-bond acceptors (Lipinski definition) is 3. The molecule has 0 bridgehead atoms. The first-order valence-electron chi connectivity index (χ1n) is 6.10. The average Bonchev–Trinajstić information content (AvgIpc) is 2.29. The Morgan fingerprint density at radius 1 is 1.25 bits per heavy atom. The van der Waals surface area contributed by atoms with Gasteiger partial charge < -0.3 is 16.2 Å². The molecule has 0 saturated heterocycles. The molecule has 0 aliphatic heterocycles. The Morgan fingerprint density at radius 2 is 1.80 bits per heavy atom. The number of carbonyl (C=O) groups is 2. The van der Waals surface area contributed by atoms with Gasteiger partial charge in [0.05, 0.1) is 16.7 Å². The molecule has 1 amide bonds. The van der Waals surface area contributed by atoms with Crippen LogP contribution in [0.25, 0.3) is 0 Å². The molecule has 0 aliphatic rings. The van der Waals surface area contributed by atoms with Gasteiger partial charge in [0, 0.05) is 10.0 Å². The van der Waals surface area contributed by atoms with Gasteiger partial charge in [-0.05, 0) is 45.9 Å². The number of carboxylic acid groups (broad SMARTS) is 1. The van der Waals surface area contributed by atoms with Crippen LogP contribution in [0.5, 0.6) is 0 Å². The van der Waals surface area contributed by atoms with E-state index >= 15 is 0 Å². The fourth-order valence-electron chi connectivity index (χ4n) is 1.37. The molecular weight excluding hydrogens is 324 g/mol. The van der Waals surface area contributed by atoms with Crippen molar-refractivity contribution in [1.82, 2.24) is 0 Å². The molecule has 0 radical (unpaired) electrons. The van der Waals surface area contributed by atoms with Crippen LogP contribution in [0.3, 0.4) is 0 Å². The lowest BCUT2D eigenvalue weighted by Gasteiger charge is -2.37. The highest BCUT2D eigenvalue weighted by molar-refractivity contribution is 9.10. The Bertz CT molecular complexity index is 548. The van der Waals surface area contributed by atoms with Gasteiger partial charge in [-0.15, -0.1) is 0 Å². The van der Waals surface area contributed by atoms with Gasteiger partial charge in [-0.25, -0.2) is 4.79 Å². The maximum Gasteiger partial charge on any atom is 0.337 e. The zero-order chi connectivity index (χ0) is 15.7. The zero-order valence-corrected chi connectivity index (χ0v) is 13.5. The van der Waals surface area contributed by atoms with E-state index in [9.17, 15) is 9.59 Å². The van der Waals surface area contributed by atoms with Crippen molar-refractivity contribution in [3.05, 3.63) is 28.2 Å². The van der Waals surface area contributed by atoms with Gasteiger partial charge in [-0.3, -0.25) is 4.79 Å². The SMILES string of the molecule is CC(C)(N)C(C)(C)C(=O)Nc1ccc(Br)cc1C(=O)O. The third-order valence-electron chi connectivity index (χ3n) is 3.64. The summed E-state index contributed by atoms with van der Waals surface area (Å²) in [5, 5.41) is 11.8. The minimum atomic E-state index is -1.11. The van der Waals surface area contributed by atoms with E-state index in [0.29, 0.717) is 4.47 Å². The van der Waals surface area contributed by atoms with Crippen LogP contribution in [-0.2, 0) is 4.79 Å². The van der Waals surface area contributed by atoms with Crippen LogP contribution in [0.2, 0.25) is 0 Å². The lowest BCUT2D eigenvalue weighted by molar-refractivity contribution is -0.126. The summed E-state index contributed by atoms with van der Waals surface area (Å²) in [4.78, 5) is 23.6. The van der Waals surface area contributed by atoms with E-state index in [2.05, 4.69) is 21.2 Å². The smallest absolute Gasteiger partial charge is 0.337 e. The summed E-state index contributed by atoms with van der Waals surface area (Å²) < 4.78 is 0.631. The molecule has 1 rings (SSSR count). The van der Waals surface area contributed by atoms with Crippen molar-refractivity contribution >= 4 is 33.5 Å². The Kier molecular flexibility index (Phi) is 4.61. The highest BCUT2D eigenvalue weighted by atomic mass is 79.9. The molecule has 110 valence electrons. The van der Waals surface area contributed by atoms with Gasteiger partial charge in [0.2, 0.25) is 5.91 Å². The lowest BCUT2D eigenvalue weighted by Crippen LogP contribution is -2.53. The summed E-state index contributed by atoms with van der Waals surface area (Å²) in [5.74, 6) is -1.43. The first kappa shape index (κ1) is 16.7. The van der Waals surface area contributed by atoms with E-state index in [1.807, 2.05) is 0 Å². The fourth-order valence-corrected chi connectivity index (χ4v) is 1.73. The second kappa shape index (κ2) is 5.54. The maximum atomic E-state index is 12.3. The van der Waals surface area contributed by atoms with E-state index in [1.165, 1.54) is 6.07 Å². The van der Waals surface area contributed by atoms with Crippen molar-refractivity contribution < 1.29 is 14.7 Å². The molecule has 20 heavy (non-hydrogen) atoms. The molecule has 0 atom stereocenters. The second-order valence-corrected chi connectivity index (χ2v) is 6.71. The summed E-state index contributed by atoms with van der Waals surface area (Å²) in [7, 11) is 0. The molecule has 0 aromatic heterocycles. The first-order valence-corrected chi connectivity index (χ1v) is 6.89. The van der Waals surface area contributed by atoms with Crippen LogP contribution in [0.15, 0.2) is 22.7 Å². The van der Waals surface area contributed by atoms with E-state index in [-0.39, 0.29) is 17.2 Å². The number of anilines is 1. The van der Waals surface area contributed by atoms with Crippen molar-refractivity contribution in [2.24, 2.45) is 11.1 Å². The molecule has 4 N–H and O–H groups in total. The summed E-state index contributed by atoms with van der Waals surface area (Å²) in [5.41, 5.74) is 4.69. The molecule has 5 nitrogen and oxygen atoms in total. The predicted molar refractivity (Wildman–Crippen MR) is 81.8 cm³/mol. The van der Waals surface area contributed by atoms with Crippen molar-refractivity contribution in [2.75, 3.05) is 5.32 Å². The highest BCUT2D eigenvalue weighted by Gasteiger charge is 2.40. The predicted octanol–water partition coefficient (Wildman–Crippen LogP) is 2.85. The number of aromatic carboxylic acids is 1. The molecule has 0 spiro atoms. The molecule has 0 aliphatic carbocycles. The maximum absolute atomic E-state index is 12.3. The van der Waals surface area contributed by atoms with Gasteiger partial charge in [0.1, 0.15) is 0 Å². The normalized spacial score (nSPS) is 12.1. The van der Waals surface area contributed by atoms with Crippen LogP contribution in [-0.4, -0.2) is 22.5 Å². The Morgan fingerprint density at radius 3 is 2.25 bits per heavy atom. The van der Waals surface area contributed by atoms with E-state index in [1.54, 1.807) is 39.8 Å². The number of carboxylic acids is 1. The minimum Gasteiger partial charge on any atom is -0.478 e. The molecule has 6 heteroatoms. The van der Waals surface area contributed by atoms with E-state index in [0.717, 1.165) is 0 Å². The third kappa shape index (κ3) is 3.37. The molecule has 0 heterocycles.